The van der Waals surface area contributed by atoms with Crippen molar-refractivity contribution >= 4 is 11.9 Å². The molecule has 1 aliphatic heterocycles. The van der Waals surface area contributed by atoms with Gasteiger partial charge in [0.05, 0.1) is 25.4 Å². The highest BCUT2D eigenvalue weighted by molar-refractivity contribution is 5.67. The summed E-state index contributed by atoms with van der Waals surface area (Å²) < 4.78 is 7.01. The number of ether oxygens (including phenoxy) is 1. The van der Waals surface area contributed by atoms with Gasteiger partial charge in [0.25, 0.3) is 0 Å². The number of nitrogen functional groups attached to an aromatic ring is 1. The molecule has 94 valence electrons. The van der Waals surface area contributed by atoms with E-state index in [9.17, 15) is 4.79 Å². The standard InChI is InChI=1S/C11H18N4O2/c1-2-3-6-17-11(16)14-4-5-15-9(8-14)7-10(12)13-15/h7H,2-6,8H2,1H3,(H2,12,13). The Morgan fingerprint density at radius 2 is 2.41 bits per heavy atom. The van der Waals surface area contributed by atoms with Gasteiger partial charge in [0.1, 0.15) is 5.82 Å². The fourth-order valence-electron chi connectivity index (χ4n) is 1.84. The van der Waals surface area contributed by atoms with Crippen LogP contribution >= 0.6 is 0 Å². The lowest BCUT2D eigenvalue weighted by Crippen LogP contribution is -2.38. The van der Waals surface area contributed by atoms with Crippen LogP contribution in [-0.4, -0.2) is 33.9 Å². The van der Waals surface area contributed by atoms with E-state index in [0.29, 0.717) is 32.1 Å². The molecular formula is C11H18N4O2. The smallest absolute Gasteiger partial charge is 0.410 e. The van der Waals surface area contributed by atoms with Crippen LogP contribution in [0.5, 0.6) is 0 Å². The summed E-state index contributed by atoms with van der Waals surface area (Å²) in [4.78, 5) is 13.4. The van der Waals surface area contributed by atoms with Crippen LogP contribution in [0.4, 0.5) is 10.6 Å². The van der Waals surface area contributed by atoms with E-state index in [4.69, 9.17) is 10.5 Å². The highest BCUT2D eigenvalue weighted by atomic mass is 16.6. The summed E-state index contributed by atoms with van der Waals surface area (Å²) in [5.74, 6) is 0.501. The molecule has 1 aliphatic rings. The van der Waals surface area contributed by atoms with Crippen molar-refractivity contribution < 1.29 is 9.53 Å². The van der Waals surface area contributed by atoms with Crippen molar-refractivity contribution in [1.82, 2.24) is 14.7 Å². The molecule has 0 bridgehead atoms. The summed E-state index contributed by atoms with van der Waals surface area (Å²) in [5, 5.41) is 4.14. The second kappa shape index (κ2) is 5.07. The van der Waals surface area contributed by atoms with Crippen LogP contribution < -0.4 is 5.73 Å². The largest absolute Gasteiger partial charge is 0.449 e. The summed E-state index contributed by atoms with van der Waals surface area (Å²) >= 11 is 0. The maximum Gasteiger partial charge on any atom is 0.410 e. The third-order valence-corrected chi connectivity index (χ3v) is 2.80. The Bertz CT molecular complexity index is 402. The van der Waals surface area contributed by atoms with Crippen molar-refractivity contribution in [1.29, 1.82) is 0 Å². The van der Waals surface area contributed by atoms with Crippen LogP contribution in [0.3, 0.4) is 0 Å². The third kappa shape index (κ3) is 2.69. The number of hydrogen-bond acceptors (Lipinski definition) is 4. The Balaban J connectivity index is 1.90. The Morgan fingerprint density at radius 1 is 1.59 bits per heavy atom. The molecule has 17 heavy (non-hydrogen) atoms. The van der Waals surface area contributed by atoms with Crippen LogP contribution in [-0.2, 0) is 17.8 Å². The molecule has 0 aromatic carbocycles. The van der Waals surface area contributed by atoms with Crippen molar-refractivity contribution in [2.45, 2.75) is 32.9 Å². The van der Waals surface area contributed by atoms with Gasteiger partial charge in [0.2, 0.25) is 0 Å². The second-order valence-corrected chi connectivity index (χ2v) is 4.17. The highest BCUT2D eigenvalue weighted by Gasteiger charge is 2.22. The Kier molecular flexibility index (Phi) is 3.51. The number of hydrogen-bond donors (Lipinski definition) is 1. The van der Waals surface area contributed by atoms with Gasteiger partial charge >= 0.3 is 6.09 Å². The molecule has 1 amide bonds. The zero-order valence-corrected chi connectivity index (χ0v) is 10.1. The maximum absolute atomic E-state index is 11.7. The predicted molar refractivity (Wildman–Crippen MR) is 63.3 cm³/mol. The molecule has 0 spiro atoms. The van der Waals surface area contributed by atoms with Gasteiger partial charge in [0.15, 0.2) is 0 Å². The van der Waals surface area contributed by atoms with Gasteiger partial charge in [-0.2, -0.15) is 5.10 Å². The fourth-order valence-corrected chi connectivity index (χ4v) is 1.84. The lowest BCUT2D eigenvalue weighted by atomic mass is 10.3. The lowest BCUT2D eigenvalue weighted by Gasteiger charge is -2.26. The molecule has 6 nitrogen and oxygen atoms in total. The topological polar surface area (TPSA) is 73.4 Å². The molecule has 0 saturated heterocycles. The van der Waals surface area contributed by atoms with Gasteiger partial charge in [-0.05, 0) is 6.42 Å². The minimum Gasteiger partial charge on any atom is -0.449 e. The average Bonchev–Trinajstić information content (AvgIpc) is 2.68. The van der Waals surface area contributed by atoms with E-state index in [1.54, 1.807) is 11.0 Å². The van der Waals surface area contributed by atoms with E-state index in [2.05, 4.69) is 12.0 Å². The summed E-state index contributed by atoms with van der Waals surface area (Å²) in [6, 6.07) is 1.80. The zero-order valence-electron chi connectivity index (χ0n) is 10.1. The van der Waals surface area contributed by atoms with E-state index in [1.807, 2.05) is 4.68 Å². The first kappa shape index (κ1) is 11.8. The average molecular weight is 238 g/mol. The van der Waals surface area contributed by atoms with Gasteiger partial charge in [-0.25, -0.2) is 4.79 Å². The van der Waals surface area contributed by atoms with Crippen LogP contribution in [0, 0.1) is 0 Å². The molecular weight excluding hydrogens is 220 g/mol. The zero-order chi connectivity index (χ0) is 12.3. The lowest BCUT2D eigenvalue weighted by molar-refractivity contribution is 0.0904. The number of aromatic nitrogens is 2. The van der Waals surface area contributed by atoms with Crippen molar-refractivity contribution in [2.75, 3.05) is 18.9 Å². The van der Waals surface area contributed by atoms with E-state index in [-0.39, 0.29) is 6.09 Å². The normalized spacial score (nSPS) is 14.5. The summed E-state index contributed by atoms with van der Waals surface area (Å²) in [5.41, 5.74) is 6.57. The van der Waals surface area contributed by atoms with E-state index in [0.717, 1.165) is 18.5 Å². The first-order valence-corrected chi connectivity index (χ1v) is 5.94. The number of fused-ring (bicyclic) bond motifs is 1. The van der Waals surface area contributed by atoms with Crippen molar-refractivity contribution in [2.24, 2.45) is 0 Å². The first-order chi connectivity index (χ1) is 8.20. The Labute approximate surface area is 100 Å². The van der Waals surface area contributed by atoms with Crippen LogP contribution in [0.15, 0.2) is 6.07 Å². The first-order valence-electron chi connectivity index (χ1n) is 5.94. The predicted octanol–water partition coefficient (Wildman–Crippen LogP) is 1.22. The van der Waals surface area contributed by atoms with Crippen LogP contribution in [0.25, 0.3) is 0 Å². The number of carbonyl (C=O) groups excluding carboxylic acids is 1. The second-order valence-electron chi connectivity index (χ2n) is 4.17. The fraction of sp³-hybridized carbons (Fsp3) is 0.636. The molecule has 0 atom stereocenters. The molecule has 0 radical (unpaired) electrons. The van der Waals surface area contributed by atoms with Crippen LogP contribution in [0.2, 0.25) is 0 Å². The maximum atomic E-state index is 11.7. The van der Waals surface area contributed by atoms with Gasteiger partial charge < -0.3 is 15.4 Å². The molecule has 0 unspecified atom stereocenters. The monoisotopic (exact) mass is 238 g/mol. The van der Waals surface area contributed by atoms with Crippen molar-refractivity contribution in [3.8, 4) is 0 Å². The van der Waals surface area contributed by atoms with Gasteiger partial charge in [-0.3, -0.25) is 4.68 Å². The van der Waals surface area contributed by atoms with E-state index >= 15 is 0 Å². The van der Waals surface area contributed by atoms with Crippen LogP contribution in [0.1, 0.15) is 25.5 Å². The van der Waals surface area contributed by atoms with Gasteiger partial charge in [-0.15, -0.1) is 0 Å². The molecule has 2 rings (SSSR count). The molecule has 6 heteroatoms. The molecule has 2 N–H and O–H groups in total. The summed E-state index contributed by atoms with van der Waals surface area (Å²) in [7, 11) is 0. The molecule has 0 aliphatic carbocycles. The van der Waals surface area contributed by atoms with Gasteiger partial charge in [-0.1, -0.05) is 13.3 Å². The minimum absolute atomic E-state index is 0.246. The van der Waals surface area contributed by atoms with Crippen molar-refractivity contribution in [3.63, 3.8) is 0 Å². The van der Waals surface area contributed by atoms with E-state index < -0.39 is 0 Å². The summed E-state index contributed by atoms with van der Waals surface area (Å²) in [6.07, 6.45) is 1.69. The Hall–Kier alpha value is -1.72. The van der Waals surface area contributed by atoms with E-state index in [1.165, 1.54) is 0 Å². The quantitative estimate of drug-likeness (QED) is 0.803. The third-order valence-electron chi connectivity index (χ3n) is 2.80. The molecule has 0 saturated carbocycles. The van der Waals surface area contributed by atoms with Crippen molar-refractivity contribution in [3.05, 3.63) is 11.8 Å². The number of nitrogens with zero attached hydrogens (tertiary/aromatic N) is 3. The number of anilines is 1. The number of carbonyl (C=O) groups is 1. The highest BCUT2D eigenvalue weighted by Crippen LogP contribution is 2.15. The SMILES string of the molecule is CCCCOC(=O)N1CCn2nc(N)cc2C1. The molecule has 0 fully saturated rings. The molecule has 1 aromatic heterocycles. The number of unbranched alkanes of at least 4 members (excludes halogenated alkanes) is 1. The number of nitrogens with two attached hydrogens (primary N) is 1. The number of amides is 1. The minimum atomic E-state index is -0.246. The van der Waals surface area contributed by atoms with Gasteiger partial charge in [0, 0.05) is 12.6 Å². The molecule has 1 aromatic rings. The number of rotatable bonds is 3. The molecule has 2 heterocycles. The summed E-state index contributed by atoms with van der Waals surface area (Å²) in [6.45, 7) is 4.38. The Morgan fingerprint density at radius 3 is 3.18 bits per heavy atom.